The maximum absolute atomic E-state index is 12.4. The molecule has 7 nitrogen and oxygen atoms in total. The lowest BCUT2D eigenvalue weighted by molar-refractivity contribution is -0.115. The summed E-state index contributed by atoms with van der Waals surface area (Å²) in [5.74, 6) is 0.595. The normalized spacial score (nSPS) is 11.6. The largest absolute Gasteiger partial charge is 0.494 e. The molecule has 0 saturated carbocycles. The standard InChI is InChI=1S/C23H22N4O3S3/c1-3-30-16-9-10-18-19(11-16)33-23(27(18)2)26-21(29)14-31-13-20(28)25-22-24-17(12-32-22)15-7-5-4-6-8-15/h4-12H,3,13-14H2,1-2H3,(H,24,25,28). The number of nitrogens with zero attached hydrogens (tertiary/aromatic N) is 3. The lowest BCUT2D eigenvalue weighted by Gasteiger charge is -2.02. The molecule has 0 spiro atoms. The van der Waals surface area contributed by atoms with Crippen molar-refractivity contribution in [1.82, 2.24) is 9.55 Å². The van der Waals surface area contributed by atoms with Crippen molar-refractivity contribution in [1.29, 1.82) is 0 Å². The van der Waals surface area contributed by atoms with E-state index in [2.05, 4.69) is 15.3 Å². The first-order valence-corrected chi connectivity index (χ1v) is 13.1. The van der Waals surface area contributed by atoms with E-state index in [9.17, 15) is 9.59 Å². The molecule has 0 bridgehead atoms. The van der Waals surface area contributed by atoms with Gasteiger partial charge in [-0.05, 0) is 25.1 Å². The predicted molar refractivity (Wildman–Crippen MR) is 136 cm³/mol. The van der Waals surface area contributed by atoms with Gasteiger partial charge in [-0.25, -0.2) is 4.98 Å². The van der Waals surface area contributed by atoms with Crippen LogP contribution in [-0.4, -0.2) is 39.5 Å². The van der Waals surface area contributed by atoms with Gasteiger partial charge in [0, 0.05) is 18.0 Å². The average molecular weight is 499 g/mol. The number of amides is 2. The van der Waals surface area contributed by atoms with Gasteiger partial charge in [-0.15, -0.1) is 23.1 Å². The third-order valence-electron chi connectivity index (χ3n) is 4.59. The van der Waals surface area contributed by atoms with Crippen LogP contribution in [0.25, 0.3) is 21.5 Å². The van der Waals surface area contributed by atoms with E-state index in [1.165, 1.54) is 34.4 Å². The maximum atomic E-state index is 12.4. The third-order valence-corrected chi connectivity index (χ3v) is 7.36. The van der Waals surface area contributed by atoms with Crippen molar-refractivity contribution in [2.75, 3.05) is 23.4 Å². The molecule has 2 aromatic heterocycles. The van der Waals surface area contributed by atoms with Gasteiger partial charge in [0.25, 0.3) is 5.91 Å². The number of ether oxygens (including phenoxy) is 1. The molecule has 10 heteroatoms. The molecule has 0 saturated heterocycles. The van der Waals surface area contributed by atoms with Crippen molar-refractivity contribution < 1.29 is 14.3 Å². The Bertz CT molecular complexity index is 1340. The van der Waals surface area contributed by atoms with Gasteiger partial charge in [-0.3, -0.25) is 9.59 Å². The molecule has 2 aromatic carbocycles. The number of aromatic nitrogens is 2. The predicted octanol–water partition coefficient (Wildman–Crippen LogP) is 4.56. The zero-order valence-electron chi connectivity index (χ0n) is 18.1. The number of carbonyl (C=O) groups excluding carboxylic acids is 2. The number of benzene rings is 2. The van der Waals surface area contributed by atoms with Crippen molar-refractivity contribution in [2.45, 2.75) is 6.92 Å². The molecule has 0 aliphatic rings. The van der Waals surface area contributed by atoms with Crippen molar-refractivity contribution >= 4 is 61.6 Å². The quantitative estimate of drug-likeness (QED) is 0.385. The molecule has 0 radical (unpaired) electrons. The Kier molecular flexibility index (Phi) is 7.58. The van der Waals surface area contributed by atoms with Crippen molar-refractivity contribution in [3.05, 3.63) is 58.7 Å². The average Bonchev–Trinajstić information content (AvgIpc) is 3.39. The van der Waals surface area contributed by atoms with Crippen LogP contribution in [0.4, 0.5) is 5.13 Å². The molecular formula is C23H22N4O3S3. The molecule has 2 amide bonds. The van der Waals surface area contributed by atoms with Crippen LogP contribution in [-0.2, 0) is 16.6 Å². The lowest BCUT2D eigenvalue weighted by atomic mass is 10.2. The van der Waals surface area contributed by atoms with Crippen LogP contribution in [0, 0.1) is 0 Å². The Hall–Kier alpha value is -2.95. The fraction of sp³-hybridized carbons (Fsp3) is 0.217. The van der Waals surface area contributed by atoms with Crippen LogP contribution < -0.4 is 14.9 Å². The summed E-state index contributed by atoms with van der Waals surface area (Å²) in [6, 6.07) is 15.6. The molecule has 4 rings (SSSR count). The minimum Gasteiger partial charge on any atom is -0.494 e. The molecule has 0 aliphatic carbocycles. The van der Waals surface area contributed by atoms with E-state index in [0.29, 0.717) is 16.5 Å². The second kappa shape index (κ2) is 10.8. The minimum atomic E-state index is -0.277. The highest BCUT2D eigenvalue weighted by atomic mass is 32.2. The summed E-state index contributed by atoms with van der Waals surface area (Å²) < 4.78 is 8.43. The topological polar surface area (TPSA) is 85.6 Å². The summed E-state index contributed by atoms with van der Waals surface area (Å²) in [5, 5.41) is 5.24. The maximum Gasteiger partial charge on any atom is 0.258 e. The van der Waals surface area contributed by atoms with Crippen LogP contribution in [0.3, 0.4) is 0 Å². The second-order valence-electron chi connectivity index (χ2n) is 6.96. The number of thioether (sulfide) groups is 1. The molecule has 0 unspecified atom stereocenters. The van der Waals surface area contributed by atoms with E-state index in [1.807, 2.05) is 72.4 Å². The number of thiazole rings is 2. The summed E-state index contributed by atoms with van der Waals surface area (Å²) in [6.07, 6.45) is 0. The summed E-state index contributed by atoms with van der Waals surface area (Å²) >= 11 is 4.04. The number of nitrogens with one attached hydrogen (secondary N) is 1. The highest BCUT2D eigenvalue weighted by Gasteiger charge is 2.10. The van der Waals surface area contributed by atoms with Crippen molar-refractivity contribution in [3.8, 4) is 17.0 Å². The third kappa shape index (κ3) is 5.89. The summed E-state index contributed by atoms with van der Waals surface area (Å²) in [6.45, 7) is 2.54. The van der Waals surface area contributed by atoms with Gasteiger partial charge in [-0.1, -0.05) is 41.7 Å². The lowest BCUT2D eigenvalue weighted by Crippen LogP contribution is -2.17. The van der Waals surface area contributed by atoms with Crippen LogP contribution in [0.1, 0.15) is 6.92 Å². The minimum absolute atomic E-state index is 0.124. The van der Waals surface area contributed by atoms with Crippen LogP contribution in [0.15, 0.2) is 58.9 Å². The SMILES string of the molecule is CCOc1ccc2c(c1)sc(=NC(=O)CSCC(=O)Nc1nc(-c3ccccc3)cs1)n2C. The first-order chi connectivity index (χ1) is 16.0. The smallest absolute Gasteiger partial charge is 0.258 e. The van der Waals surface area contributed by atoms with Gasteiger partial charge in [0.05, 0.1) is 34.0 Å². The molecule has 4 aromatic rings. The van der Waals surface area contributed by atoms with E-state index in [0.717, 1.165) is 27.2 Å². The molecule has 0 atom stereocenters. The first-order valence-electron chi connectivity index (χ1n) is 10.2. The van der Waals surface area contributed by atoms with Gasteiger partial charge in [0.1, 0.15) is 5.75 Å². The number of anilines is 1. The monoisotopic (exact) mass is 498 g/mol. The highest BCUT2D eigenvalue weighted by Crippen LogP contribution is 2.25. The van der Waals surface area contributed by atoms with E-state index < -0.39 is 0 Å². The summed E-state index contributed by atoms with van der Waals surface area (Å²) in [5.41, 5.74) is 2.81. The van der Waals surface area contributed by atoms with Gasteiger partial charge < -0.3 is 14.6 Å². The number of fused-ring (bicyclic) bond motifs is 1. The van der Waals surface area contributed by atoms with Crippen molar-refractivity contribution in [3.63, 3.8) is 0 Å². The van der Waals surface area contributed by atoms with Crippen LogP contribution >= 0.6 is 34.4 Å². The number of hydrogen-bond acceptors (Lipinski definition) is 7. The van der Waals surface area contributed by atoms with E-state index >= 15 is 0 Å². The molecule has 0 aliphatic heterocycles. The summed E-state index contributed by atoms with van der Waals surface area (Å²) in [4.78, 5) is 33.9. The van der Waals surface area contributed by atoms with Gasteiger partial charge in [-0.2, -0.15) is 4.99 Å². The number of carbonyl (C=O) groups is 2. The number of rotatable bonds is 8. The second-order valence-corrected chi connectivity index (χ2v) is 9.81. The fourth-order valence-electron chi connectivity index (χ4n) is 3.08. The molecule has 170 valence electrons. The van der Waals surface area contributed by atoms with E-state index in [4.69, 9.17) is 4.74 Å². The van der Waals surface area contributed by atoms with Crippen LogP contribution in [0.2, 0.25) is 0 Å². The molecular weight excluding hydrogens is 476 g/mol. The zero-order chi connectivity index (χ0) is 23.2. The molecule has 33 heavy (non-hydrogen) atoms. The molecule has 1 N–H and O–H groups in total. The molecule has 2 heterocycles. The zero-order valence-corrected chi connectivity index (χ0v) is 20.6. The molecule has 0 fully saturated rings. The Morgan fingerprint density at radius 1 is 1.18 bits per heavy atom. The van der Waals surface area contributed by atoms with E-state index in [1.54, 1.807) is 0 Å². The fourth-order valence-corrected chi connectivity index (χ4v) is 5.47. The Labute approximate surface area is 203 Å². The number of aryl methyl sites for hydroxylation is 1. The van der Waals surface area contributed by atoms with Crippen molar-refractivity contribution in [2.24, 2.45) is 12.0 Å². The Morgan fingerprint density at radius 3 is 2.79 bits per heavy atom. The first kappa shape index (κ1) is 23.2. The summed E-state index contributed by atoms with van der Waals surface area (Å²) in [7, 11) is 1.88. The van der Waals surface area contributed by atoms with E-state index in [-0.39, 0.29) is 23.3 Å². The van der Waals surface area contributed by atoms with Crippen LogP contribution in [0.5, 0.6) is 5.75 Å². The Morgan fingerprint density at radius 2 is 2.00 bits per heavy atom. The van der Waals surface area contributed by atoms with Gasteiger partial charge >= 0.3 is 0 Å². The Balaban J connectivity index is 1.31. The van der Waals surface area contributed by atoms with Gasteiger partial charge in [0.15, 0.2) is 9.93 Å². The van der Waals surface area contributed by atoms with Gasteiger partial charge in [0.2, 0.25) is 5.91 Å². The number of hydrogen-bond donors (Lipinski definition) is 1. The highest BCUT2D eigenvalue weighted by molar-refractivity contribution is 8.00.